The lowest BCUT2D eigenvalue weighted by molar-refractivity contribution is 0.102. The fourth-order valence-electron chi connectivity index (χ4n) is 2.30. The summed E-state index contributed by atoms with van der Waals surface area (Å²) in [4.78, 5) is 20.4. The number of pyridine rings is 2. The van der Waals surface area contributed by atoms with Gasteiger partial charge in [0, 0.05) is 29.8 Å². The lowest BCUT2D eigenvalue weighted by atomic mass is 10.1. The molecule has 0 fully saturated rings. The van der Waals surface area contributed by atoms with Gasteiger partial charge in [0.15, 0.2) is 0 Å². The highest BCUT2D eigenvalue weighted by Gasteiger charge is 2.14. The molecule has 0 radical (unpaired) electrons. The molecule has 0 saturated heterocycles. The van der Waals surface area contributed by atoms with Crippen molar-refractivity contribution in [1.82, 2.24) is 9.97 Å². The number of nitrogens with zero attached hydrogens (tertiary/aromatic N) is 2. The van der Waals surface area contributed by atoms with E-state index in [0.29, 0.717) is 16.8 Å². The van der Waals surface area contributed by atoms with Gasteiger partial charge in [0.25, 0.3) is 5.91 Å². The second-order valence-corrected chi connectivity index (χ2v) is 6.98. The summed E-state index contributed by atoms with van der Waals surface area (Å²) < 4.78 is 23.0. The van der Waals surface area contributed by atoms with Crippen molar-refractivity contribution in [3.8, 4) is 11.1 Å². The first-order valence-electron chi connectivity index (χ1n) is 7.45. The van der Waals surface area contributed by atoms with Gasteiger partial charge in [0.1, 0.15) is 5.82 Å². The highest BCUT2D eigenvalue weighted by molar-refractivity contribution is 7.89. The lowest BCUT2D eigenvalue weighted by Gasteiger charge is -2.10. The Morgan fingerprint density at radius 1 is 1.04 bits per heavy atom. The molecule has 0 unspecified atom stereocenters. The van der Waals surface area contributed by atoms with Crippen LogP contribution in [0.4, 0.5) is 11.5 Å². The summed E-state index contributed by atoms with van der Waals surface area (Å²) in [5.74, 6) is -0.381. The molecule has 8 nitrogen and oxygen atoms in total. The second kappa shape index (κ2) is 6.90. The Kier molecular flexibility index (Phi) is 4.65. The molecule has 0 atom stereocenters. The summed E-state index contributed by atoms with van der Waals surface area (Å²) in [5.41, 5.74) is 7.62. The summed E-state index contributed by atoms with van der Waals surface area (Å²) in [6.45, 7) is 0. The first-order valence-corrected chi connectivity index (χ1v) is 8.99. The number of nitrogens with two attached hydrogens (primary N) is 2. The van der Waals surface area contributed by atoms with Crippen molar-refractivity contribution in [2.24, 2.45) is 5.14 Å². The molecule has 2 heterocycles. The van der Waals surface area contributed by atoms with Crippen LogP contribution in [0.15, 0.2) is 66.0 Å². The number of primary sulfonamides is 1. The van der Waals surface area contributed by atoms with Gasteiger partial charge in [-0.2, -0.15) is 0 Å². The molecule has 0 bridgehead atoms. The van der Waals surface area contributed by atoms with Crippen LogP contribution < -0.4 is 16.2 Å². The van der Waals surface area contributed by atoms with Crippen LogP contribution in [0, 0.1) is 0 Å². The van der Waals surface area contributed by atoms with Gasteiger partial charge < -0.3 is 11.1 Å². The normalized spacial score (nSPS) is 11.1. The van der Waals surface area contributed by atoms with Gasteiger partial charge in [-0.1, -0.05) is 12.1 Å². The summed E-state index contributed by atoms with van der Waals surface area (Å²) in [7, 11) is -3.84. The lowest BCUT2D eigenvalue weighted by Crippen LogP contribution is -2.15. The highest BCUT2D eigenvalue weighted by atomic mass is 32.2. The van der Waals surface area contributed by atoms with E-state index in [-0.39, 0.29) is 16.3 Å². The van der Waals surface area contributed by atoms with Crippen molar-refractivity contribution in [3.63, 3.8) is 0 Å². The van der Waals surface area contributed by atoms with Crippen LogP contribution in [0.2, 0.25) is 0 Å². The largest absolute Gasteiger partial charge is 0.383 e. The number of carbonyl (C=O) groups is 1. The Hall–Kier alpha value is -3.30. The number of hydrogen-bond donors (Lipinski definition) is 3. The van der Waals surface area contributed by atoms with Crippen molar-refractivity contribution in [2.75, 3.05) is 11.1 Å². The Morgan fingerprint density at radius 3 is 2.46 bits per heavy atom. The molecule has 1 amide bonds. The van der Waals surface area contributed by atoms with Crippen LogP contribution in [0.3, 0.4) is 0 Å². The Balaban J connectivity index is 1.97. The van der Waals surface area contributed by atoms with E-state index in [1.165, 1.54) is 18.3 Å². The quantitative estimate of drug-likeness (QED) is 0.638. The molecule has 5 N–H and O–H groups in total. The first kappa shape index (κ1) is 17.5. The molecule has 9 heteroatoms. The van der Waals surface area contributed by atoms with Gasteiger partial charge in [-0.3, -0.25) is 9.78 Å². The smallest absolute Gasteiger partial charge is 0.259 e. The number of hydrogen-bond acceptors (Lipinski definition) is 6. The third-order valence-corrected chi connectivity index (χ3v) is 4.51. The van der Waals surface area contributed by atoms with Crippen LogP contribution in [0.25, 0.3) is 11.1 Å². The van der Waals surface area contributed by atoms with E-state index >= 15 is 0 Å². The topological polar surface area (TPSA) is 141 Å². The zero-order valence-electron chi connectivity index (χ0n) is 13.5. The first-order chi connectivity index (χ1) is 12.3. The molecule has 2 aromatic heterocycles. The molecule has 132 valence electrons. The van der Waals surface area contributed by atoms with Crippen LogP contribution in [0.5, 0.6) is 0 Å². The number of benzene rings is 1. The maximum Gasteiger partial charge on any atom is 0.259 e. The fourth-order valence-corrected chi connectivity index (χ4v) is 2.86. The van der Waals surface area contributed by atoms with Crippen molar-refractivity contribution >= 4 is 27.4 Å². The number of nitrogens with one attached hydrogen (secondary N) is 1. The zero-order valence-corrected chi connectivity index (χ0v) is 14.3. The molecule has 26 heavy (non-hydrogen) atoms. The van der Waals surface area contributed by atoms with Gasteiger partial charge in [0.05, 0.1) is 10.5 Å². The maximum atomic E-state index is 12.5. The zero-order chi connectivity index (χ0) is 18.7. The fraction of sp³-hybridized carbons (Fsp3) is 0. The Morgan fingerprint density at radius 2 is 1.77 bits per heavy atom. The Labute approximate surface area is 150 Å². The number of carbonyl (C=O) groups excluding carboxylic acids is 1. The van der Waals surface area contributed by atoms with Gasteiger partial charge >= 0.3 is 0 Å². The number of aromatic nitrogens is 2. The van der Waals surface area contributed by atoms with E-state index in [2.05, 4.69) is 15.3 Å². The Bertz CT molecular complexity index is 1070. The number of nitrogen functional groups attached to an aromatic ring is 1. The van der Waals surface area contributed by atoms with Gasteiger partial charge in [-0.25, -0.2) is 18.5 Å². The minimum absolute atomic E-state index is 0.0328. The molecule has 0 aliphatic carbocycles. The van der Waals surface area contributed by atoms with E-state index in [9.17, 15) is 13.2 Å². The summed E-state index contributed by atoms with van der Waals surface area (Å²) >= 11 is 0. The highest BCUT2D eigenvalue weighted by Crippen LogP contribution is 2.24. The molecule has 0 saturated carbocycles. The molecular weight excluding hydrogens is 354 g/mol. The predicted octanol–water partition coefficient (Wildman–Crippen LogP) is 1.63. The van der Waals surface area contributed by atoms with E-state index in [4.69, 9.17) is 10.9 Å². The average Bonchev–Trinajstić information content (AvgIpc) is 2.62. The molecule has 3 aromatic rings. The van der Waals surface area contributed by atoms with Crippen molar-refractivity contribution in [1.29, 1.82) is 0 Å². The van der Waals surface area contributed by atoms with Crippen LogP contribution in [-0.4, -0.2) is 24.3 Å². The second-order valence-electron chi connectivity index (χ2n) is 5.42. The third kappa shape index (κ3) is 3.85. The van der Waals surface area contributed by atoms with Crippen molar-refractivity contribution < 1.29 is 13.2 Å². The molecule has 1 aromatic carbocycles. The SMILES string of the molecule is Nc1ncc(-c2cccc(S(N)(=O)=O)c2)cc1C(=O)Nc1ccncc1. The van der Waals surface area contributed by atoms with Crippen LogP contribution in [0.1, 0.15) is 10.4 Å². The summed E-state index contributed by atoms with van der Waals surface area (Å²) in [6, 6.07) is 10.9. The van der Waals surface area contributed by atoms with Gasteiger partial charge in [0.2, 0.25) is 10.0 Å². The molecule has 0 spiro atoms. The van der Waals surface area contributed by atoms with E-state index in [0.717, 1.165) is 0 Å². The molecule has 0 aliphatic rings. The number of anilines is 2. The molecule has 3 rings (SSSR count). The van der Waals surface area contributed by atoms with Crippen LogP contribution in [-0.2, 0) is 10.0 Å². The minimum Gasteiger partial charge on any atom is -0.383 e. The number of rotatable bonds is 4. The third-order valence-electron chi connectivity index (χ3n) is 3.60. The standard InChI is InChI=1S/C17H15N5O3S/c18-16-15(17(23)22-13-4-6-20-7-5-13)9-12(10-21-16)11-2-1-3-14(8-11)26(19,24)25/h1-10H,(H2,18,21)(H2,19,24,25)(H,20,22,23). The van der Waals surface area contributed by atoms with Crippen LogP contribution >= 0.6 is 0 Å². The van der Waals surface area contributed by atoms with Crippen molar-refractivity contribution in [3.05, 3.63) is 66.6 Å². The van der Waals surface area contributed by atoms with E-state index in [1.807, 2.05) is 0 Å². The average molecular weight is 369 g/mol. The summed E-state index contributed by atoms with van der Waals surface area (Å²) in [6.07, 6.45) is 4.56. The number of amides is 1. The van der Waals surface area contributed by atoms with E-state index < -0.39 is 15.9 Å². The van der Waals surface area contributed by atoms with Gasteiger partial charge in [-0.15, -0.1) is 0 Å². The predicted molar refractivity (Wildman–Crippen MR) is 97.6 cm³/mol. The van der Waals surface area contributed by atoms with E-state index in [1.54, 1.807) is 42.7 Å². The monoisotopic (exact) mass is 369 g/mol. The molecule has 0 aliphatic heterocycles. The van der Waals surface area contributed by atoms with Gasteiger partial charge in [-0.05, 0) is 35.9 Å². The number of sulfonamides is 1. The minimum atomic E-state index is -3.84. The molecular formula is C17H15N5O3S. The van der Waals surface area contributed by atoms with Crippen molar-refractivity contribution in [2.45, 2.75) is 4.90 Å². The maximum absolute atomic E-state index is 12.5. The summed E-state index contributed by atoms with van der Waals surface area (Å²) in [5, 5.41) is 7.86.